The van der Waals surface area contributed by atoms with Gasteiger partial charge in [-0.25, -0.2) is 4.79 Å². The van der Waals surface area contributed by atoms with Crippen molar-refractivity contribution in [3.63, 3.8) is 0 Å². The summed E-state index contributed by atoms with van der Waals surface area (Å²) < 4.78 is 5.18. The molecule has 2 aliphatic carbocycles. The van der Waals surface area contributed by atoms with E-state index in [1.165, 1.54) is 25.7 Å². The number of amides is 2. The topological polar surface area (TPSA) is 78.9 Å². The molecule has 0 bridgehead atoms. The quantitative estimate of drug-likeness (QED) is 0.759. The summed E-state index contributed by atoms with van der Waals surface area (Å²) >= 11 is 0. The molecule has 0 aromatic rings. The summed E-state index contributed by atoms with van der Waals surface area (Å²) in [6, 6.07) is -0.522. The monoisotopic (exact) mass is 282 g/mol. The van der Waals surface area contributed by atoms with Crippen molar-refractivity contribution in [3.8, 4) is 0 Å². The van der Waals surface area contributed by atoms with Crippen LogP contribution < -0.4 is 5.32 Å². The fourth-order valence-electron chi connectivity index (χ4n) is 2.65. The zero-order valence-corrected chi connectivity index (χ0v) is 11.6. The van der Waals surface area contributed by atoms with E-state index in [0.717, 1.165) is 13.1 Å². The summed E-state index contributed by atoms with van der Waals surface area (Å²) in [4.78, 5) is 25.3. The SMILES string of the molecule is O=C(O)C1COCC1NC(=O)N(CC1CC1)CC1CC1. The normalized spacial score (nSPS) is 29.2. The van der Waals surface area contributed by atoms with Gasteiger partial charge in [0, 0.05) is 13.1 Å². The second-order valence-electron chi connectivity index (χ2n) is 6.33. The molecule has 1 saturated heterocycles. The summed E-state index contributed by atoms with van der Waals surface area (Å²) in [6.45, 7) is 2.11. The van der Waals surface area contributed by atoms with Crippen LogP contribution in [0.3, 0.4) is 0 Å². The lowest BCUT2D eigenvalue weighted by Crippen LogP contribution is -2.50. The number of rotatable bonds is 6. The highest BCUT2D eigenvalue weighted by atomic mass is 16.5. The third-order valence-corrected chi connectivity index (χ3v) is 4.34. The van der Waals surface area contributed by atoms with E-state index in [2.05, 4.69) is 5.32 Å². The third kappa shape index (κ3) is 3.42. The van der Waals surface area contributed by atoms with Gasteiger partial charge < -0.3 is 20.1 Å². The number of aliphatic carboxylic acids is 1. The molecule has 3 rings (SSSR count). The zero-order valence-electron chi connectivity index (χ0n) is 11.6. The van der Waals surface area contributed by atoms with Gasteiger partial charge in [-0.15, -0.1) is 0 Å². The molecule has 0 aromatic carbocycles. The predicted molar refractivity (Wildman–Crippen MR) is 71.3 cm³/mol. The van der Waals surface area contributed by atoms with E-state index in [9.17, 15) is 9.59 Å². The number of carbonyl (C=O) groups excluding carboxylic acids is 1. The Kier molecular flexibility index (Phi) is 3.83. The molecule has 0 radical (unpaired) electrons. The Morgan fingerprint density at radius 3 is 2.20 bits per heavy atom. The molecule has 3 fully saturated rings. The number of carboxylic acid groups (broad SMARTS) is 1. The van der Waals surface area contributed by atoms with Crippen LogP contribution >= 0.6 is 0 Å². The average Bonchev–Trinajstić information content (AvgIpc) is 3.31. The summed E-state index contributed by atoms with van der Waals surface area (Å²) in [5, 5.41) is 12.0. The molecule has 2 atom stereocenters. The Bertz CT molecular complexity index is 379. The van der Waals surface area contributed by atoms with Crippen molar-refractivity contribution < 1.29 is 19.4 Å². The summed E-state index contributed by atoms with van der Waals surface area (Å²) in [7, 11) is 0. The molecule has 1 heterocycles. The number of ether oxygens (including phenoxy) is 1. The van der Waals surface area contributed by atoms with Crippen LogP contribution in [-0.2, 0) is 9.53 Å². The molecule has 20 heavy (non-hydrogen) atoms. The largest absolute Gasteiger partial charge is 0.481 e. The Morgan fingerprint density at radius 1 is 1.10 bits per heavy atom. The van der Waals surface area contributed by atoms with Crippen LogP contribution in [0.15, 0.2) is 0 Å². The third-order valence-electron chi connectivity index (χ3n) is 4.34. The average molecular weight is 282 g/mol. The van der Waals surface area contributed by atoms with Gasteiger partial charge in [0.05, 0.1) is 19.3 Å². The molecule has 2 amide bonds. The maximum atomic E-state index is 12.4. The summed E-state index contributed by atoms with van der Waals surface area (Å²) in [6.07, 6.45) is 4.83. The number of urea groups is 1. The number of carboxylic acids is 1. The second kappa shape index (κ2) is 5.60. The van der Waals surface area contributed by atoms with Crippen LogP contribution in [0, 0.1) is 17.8 Å². The van der Waals surface area contributed by atoms with Gasteiger partial charge in [0.15, 0.2) is 0 Å². The minimum absolute atomic E-state index is 0.120. The van der Waals surface area contributed by atoms with Gasteiger partial charge in [-0.1, -0.05) is 0 Å². The van der Waals surface area contributed by atoms with Crippen molar-refractivity contribution in [2.45, 2.75) is 31.7 Å². The van der Waals surface area contributed by atoms with E-state index in [-0.39, 0.29) is 12.6 Å². The van der Waals surface area contributed by atoms with Gasteiger partial charge in [0.1, 0.15) is 5.92 Å². The molecule has 6 nitrogen and oxygen atoms in total. The molecule has 6 heteroatoms. The van der Waals surface area contributed by atoms with Crippen molar-refractivity contribution in [1.82, 2.24) is 10.2 Å². The lowest BCUT2D eigenvalue weighted by Gasteiger charge is -2.26. The fraction of sp³-hybridized carbons (Fsp3) is 0.857. The van der Waals surface area contributed by atoms with Crippen LogP contribution in [0.4, 0.5) is 4.79 Å². The minimum Gasteiger partial charge on any atom is -0.481 e. The van der Waals surface area contributed by atoms with Gasteiger partial charge in [-0.05, 0) is 37.5 Å². The molecular weight excluding hydrogens is 260 g/mol. The van der Waals surface area contributed by atoms with E-state index in [4.69, 9.17) is 9.84 Å². The number of nitrogens with zero attached hydrogens (tertiary/aromatic N) is 1. The lowest BCUT2D eigenvalue weighted by atomic mass is 10.0. The van der Waals surface area contributed by atoms with E-state index in [1.807, 2.05) is 4.90 Å². The minimum atomic E-state index is -0.899. The van der Waals surface area contributed by atoms with E-state index >= 15 is 0 Å². The van der Waals surface area contributed by atoms with Gasteiger partial charge in [-0.3, -0.25) is 4.79 Å². The van der Waals surface area contributed by atoms with Crippen molar-refractivity contribution in [3.05, 3.63) is 0 Å². The lowest BCUT2D eigenvalue weighted by molar-refractivity contribution is -0.142. The molecule has 1 aliphatic heterocycles. The molecule has 0 spiro atoms. The molecule has 2 saturated carbocycles. The number of nitrogens with one attached hydrogen (secondary N) is 1. The van der Waals surface area contributed by atoms with Crippen molar-refractivity contribution in [1.29, 1.82) is 0 Å². The Morgan fingerprint density at radius 2 is 1.70 bits per heavy atom. The Labute approximate surface area is 118 Å². The Hall–Kier alpha value is -1.30. The smallest absolute Gasteiger partial charge is 0.317 e. The van der Waals surface area contributed by atoms with Crippen molar-refractivity contribution in [2.24, 2.45) is 17.8 Å². The summed E-state index contributed by atoms with van der Waals surface area (Å²) in [5.41, 5.74) is 0. The van der Waals surface area contributed by atoms with E-state index in [0.29, 0.717) is 18.4 Å². The van der Waals surface area contributed by atoms with Crippen LogP contribution in [0.2, 0.25) is 0 Å². The maximum absolute atomic E-state index is 12.4. The highest BCUT2D eigenvalue weighted by molar-refractivity contribution is 5.77. The van der Waals surface area contributed by atoms with Crippen LogP contribution in [-0.4, -0.2) is 54.4 Å². The number of hydrogen-bond donors (Lipinski definition) is 2. The van der Waals surface area contributed by atoms with Gasteiger partial charge in [0.25, 0.3) is 0 Å². The van der Waals surface area contributed by atoms with Gasteiger partial charge in [-0.2, -0.15) is 0 Å². The maximum Gasteiger partial charge on any atom is 0.317 e. The highest BCUT2D eigenvalue weighted by Crippen LogP contribution is 2.33. The first-order chi connectivity index (χ1) is 9.63. The molecule has 0 aromatic heterocycles. The summed E-state index contributed by atoms with van der Waals surface area (Å²) in [5.74, 6) is -0.226. The highest BCUT2D eigenvalue weighted by Gasteiger charge is 2.37. The first-order valence-corrected chi connectivity index (χ1v) is 7.49. The van der Waals surface area contributed by atoms with E-state index < -0.39 is 17.9 Å². The van der Waals surface area contributed by atoms with Crippen LogP contribution in [0.1, 0.15) is 25.7 Å². The number of hydrogen-bond acceptors (Lipinski definition) is 3. The molecule has 112 valence electrons. The zero-order chi connectivity index (χ0) is 14.1. The number of carbonyl (C=O) groups is 2. The molecule has 2 unspecified atom stereocenters. The first kappa shape index (κ1) is 13.7. The Balaban J connectivity index is 1.55. The van der Waals surface area contributed by atoms with E-state index in [1.54, 1.807) is 0 Å². The second-order valence-corrected chi connectivity index (χ2v) is 6.33. The fourth-order valence-corrected chi connectivity index (χ4v) is 2.65. The van der Waals surface area contributed by atoms with Gasteiger partial charge >= 0.3 is 12.0 Å². The van der Waals surface area contributed by atoms with Crippen LogP contribution in [0.5, 0.6) is 0 Å². The predicted octanol–water partition coefficient (Wildman–Crippen LogP) is 0.918. The first-order valence-electron chi connectivity index (χ1n) is 7.49. The van der Waals surface area contributed by atoms with Crippen molar-refractivity contribution >= 4 is 12.0 Å². The standard InChI is InChI=1S/C14H22N2O4/c17-13(18)11-7-20-8-12(11)15-14(19)16(5-9-1-2-9)6-10-3-4-10/h9-12H,1-8H2,(H,15,19)(H,17,18). The molecular formula is C14H22N2O4. The van der Waals surface area contributed by atoms with Gasteiger partial charge in [0.2, 0.25) is 0 Å². The van der Waals surface area contributed by atoms with Crippen molar-refractivity contribution in [2.75, 3.05) is 26.3 Å². The molecule has 2 N–H and O–H groups in total. The molecule has 3 aliphatic rings. The van der Waals surface area contributed by atoms with Crippen LogP contribution in [0.25, 0.3) is 0 Å².